The fourth-order valence-corrected chi connectivity index (χ4v) is 11.5. The molecule has 0 saturated carbocycles. The number of urea groups is 1. The number of imide groups is 1. The minimum atomic E-state index is -2.29. The van der Waals surface area contributed by atoms with Crippen LogP contribution in [0.1, 0.15) is 66.3 Å². The Labute approximate surface area is 441 Å². The van der Waals surface area contributed by atoms with E-state index in [9.17, 15) is 19.5 Å². The van der Waals surface area contributed by atoms with Crippen LogP contribution >= 0.6 is 11.3 Å². The molecule has 0 aliphatic carbocycles. The van der Waals surface area contributed by atoms with Gasteiger partial charge in [-0.15, -0.1) is 0 Å². The number of cyclic esters (lactones) is 1. The number of rotatable bonds is 14. The molecule has 6 aromatic rings. The number of nitrogens with one attached hydrogen (secondary N) is 2. The van der Waals surface area contributed by atoms with E-state index < -0.39 is 95.2 Å². The van der Waals surface area contributed by atoms with Gasteiger partial charge in [-0.3, -0.25) is 28.9 Å². The van der Waals surface area contributed by atoms with Crippen LogP contribution in [0.5, 0.6) is 5.75 Å². The average molecular weight is 1050 g/mol. The van der Waals surface area contributed by atoms with E-state index in [1.54, 1.807) is 56.3 Å². The van der Waals surface area contributed by atoms with Crippen LogP contribution in [0.4, 0.5) is 15.6 Å². The van der Waals surface area contributed by atoms with Crippen molar-refractivity contribution in [3.63, 3.8) is 0 Å². The molecule has 2 saturated heterocycles. The summed E-state index contributed by atoms with van der Waals surface area (Å²) in [6, 6.07) is 30.7. The summed E-state index contributed by atoms with van der Waals surface area (Å²) in [4.78, 5) is 110. The highest BCUT2D eigenvalue weighted by Crippen LogP contribution is 2.66. The molecule has 0 radical (unpaired) electrons. The average Bonchev–Trinajstić information content (AvgIpc) is 4.27. The number of methoxy groups -OCH3 is 3. The van der Waals surface area contributed by atoms with Gasteiger partial charge in [-0.05, 0) is 70.6 Å². The molecule has 5 aromatic carbocycles. The number of aliphatic hydroxyl groups is 1. The molecule has 19 heteroatoms. The monoisotopic (exact) mass is 1050 g/mol. The summed E-state index contributed by atoms with van der Waals surface area (Å²) in [7, 11) is 3.43. The van der Waals surface area contributed by atoms with Crippen molar-refractivity contribution in [2.75, 3.05) is 44.8 Å². The summed E-state index contributed by atoms with van der Waals surface area (Å²) in [5.74, 6) is -2.68. The molecule has 3 aliphatic heterocycles. The number of aromatic nitrogens is 1. The molecule has 1 aromatic heterocycles. The van der Waals surface area contributed by atoms with Crippen molar-refractivity contribution in [2.45, 2.75) is 56.0 Å². The molecule has 390 valence electrons. The van der Waals surface area contributed by atoms with Crippen molar-refractivity contribution in [2.24, 2.45) is 17.8 Å². The van der Waals surface area contributed by atoms with Gasteiger partial charge >= 0.3 is 29.9 Å². The van der Waals surface area contributed by atoms with Crippen molar-refractivity contribution in [1.82, 2.24) is 15.2 Å². The minimum Gasteiger partial charge on any atom is -0.491 e. The Morgan fingerprint density at radius 2 is 1.45 bits per heavy atom. The normalized spacial score (nSPS) is 21.0. The van der Waals surface area contributed by atoms with Gasteiger partial charge in [0, 0.05) is 12.0 Å². The van der Waals surface area contributed by atoms with Gasteiger partial charge in [0.05, 0.1) is 61.8 Å². The van der Waals surface area contributed by atoms with E-state index in [0.29, 0.717) is 22.2 Å². The SMILES string of the molecule is COC(=O)C(CC#Cc1ccc2c(c1)C1(C(=O)N2C(=O)NC(C(=O)OC)C(C)C)C(C(=O)Nc2nc3ccccc3s2)C2C(=O)OC(c3ccccc3)C(c3ccccc3)N2C1c1cccc(OCCO)c1)C(=O)OC. The fraction of sp³-hybridized carbons (Fsp3) is 0.298. The highest BCUT2D eigenvalue weighted by molar-refractivity contribution is 7.22. The van der Waals surface area contributed by atoms with E-state index in [1.807, 2.05) is 77.7 Å². The smallest absolute Gasteiger partial charge is 0.329 e. The van der Waals surface area contributed by atoms with Crippen molar-refractivity contribution in [3.05, 3.63) is 155 Å². The maximum Gasteiger partial charge on any atom is 0.329 e. The molecular formula is C57H53N5O13S. The maximum atomic E-state index is 16.8. The van der Waals surface area contributed by atoms with Gasteiger partial charge < -0.3 is 39.4 Å². The van der Waals surface area contributed by atoms with Gasteiger partial charge in [0.15, 0.2) is 11.0 Å². The molecule has 3 aliphatic rings. The van der Waals surface area contributed by atoms with Crippen LogP contribution in [0.25, 0.3) is 10.2 Å². The van der Waals surface area contributed by atoms with Gasteiger partial charge in [0.25, 0.3) is 0 Å². The Morgan fingerprint density at radius 3 is 2.11 bits per heavy atom. The molecule has 7 atom stereocenters. The predicted octanol–water partition coefficient (Wildman–Crippen LogP) is 6.58. The number of fused-ring (bicyclic) bond motifs is 4. The number of hydrogen-bond acceptors (Lipinski definition) is 16. The number of hydrogen-bond donors (Lipinski definition) is 3. The standard InChI is InChI=1S/C57H53N5O13S/c1-32(2)44(52(67)73-5)59-56(70)61-41-27-26-33(16-14-23-38(50(65)71-3)51(66)72-4)30-39(41)57(54(61)69)43(49(64)60-55-58-40-24-12-13-25-42(40)76-55)46-53(68)75-47(35-19-10-7-11-20-35)45(34-17-8-6-9-18-34)62(46)48(57)36-21-15-22-37(31-36)74-29-28-63/h6-13,15,17-22,24-27,30-32,38,43-48,63H,23,28-29H2,1-5H3,(H,59,70)(H,58,60,64). The number of anilines is 2. The Kier molecular flexibility index (Phi) is 15.3. The fourth-order valence-electron chi connectivity index (χ4n) is 10.7. The van der Waals surface area contributed by atoms with Gasteiger partial charge in [0.1, 0.15) is 36.0 Å². The Hall–Kier alpha value is -8.44. The van der Waals surface area contributed by atoms with Gasteiger partial charge in [-0.25, -0.2) is 19.5 Å². The quantitative estimate of drug-likeness (QED) is 0.0453. The van der Waals surface area contributed by atoms with Crippen molar-refractivity contribution in [3.8, 4) is 17.6 Å². The van der Waals surface area contributed by atoms with E-state index in [1.165, 1.54) is 30.6 Å². The Bertz CT molecular complexity index is 3240. The first kappa shape index (κ1) is 52.4. The molecule has 7 unspecified atom stereocenters. The second-order valence-corrected chi connectivity index (χ2v) is 19.6. The van der Waals surface area contributed by atoms with E-state index >= 15 is 19.2 Å². The number of benzene rings is 5. The van der Waals surface area contributed by atoms with Gasteiger partial charge in [-0.1, -0.05) is 122 Å². The third kappa shape index (κ3) is 9.50. The highest BCUT2D eigenvalue weighted by atomic mass is 32.1. The molecule has 4 heterocycles. The summed E-state index contributed by atoms with van der Waals surface area (Å²) in [6.45, 7) is 2.95. The summed E-state index contributed by atoms with van der Waals surface area (Å²) >= 11 is 1.18. The molecule has 2 fully saturated rings. The van der Waals surface area contributed by atoms with E-state index in [-0.39, 0.29) is 47.3 Å². The maximum absolute atomic E-state index is 16.8. The van der Waals surface area contributed by atoms with Crippen molar-refractivity contribution < 1.29 is 62.4 Å². The lowest BCUT2D eigenvalue weighted by molar-refractivity contribution is -0.178. The van der Waals surface area contributed by atoms with Gasteiger partial charge in [0.2, 0.25) is 11.8 Å². The summed E-state index contributed by atoms with van der Waals surface area (Å²) in [5.41, 5.74) is 0.198. The first-order valence-corrected chi connectivity index (χ1v) is 25.2. The predicted molar refractivity (Wildman–Crippen MR) is 277 cm³/mol. The third-order valence-corrected chi connectivity index (χ3v) is 14.9. The van der Waals surface area contributed by atoms with Crippen LogP contribution in [0.3, 0.4) is 0 Å². The number of ether oxygens (including phenoxy) is 5. The first-order valence-electron chi connectivity index (χ1n) is 24.4. The number of carbonyl (C=O) groups is 7. The van der Waals surface area contributed by atoms with E-state index in [0.717, 1.165) is 23.8 Å². The Balaban J connectivity index is 1.36. The van der Waals surface area contributed by atoms with Crippen LogP contribution in [0.15, 0.2) is 127 Å². The van der Waals surface area contributed by atoms with Crippen molar-refractivity contribution >= 4 is 74.1 Å². The summed E-state index contributed by atoms with van der Waals surface area (Å²) in [5, 5.41) is 15.7. The van der Waals surface area contributed by atoms with Crippen LogP contribution in [0, 0.1) is 29.6 Å². The van der Waals surface area contributed by atoms with Crippen LogP contribution in [0.2, 0.25) is 0 Å². The van der Waals surface area contributed by atoms with Gasteiger partial charge in [-0.2, -0.15) is 0 Å². The lowest BCUT2D eigenvalue weighted by Crippen LogP contribution is -2.57. The molecule has 3 N–H and O–H groups in total. The molecule has 0 bridgehead atoms. The summed E-state index contributed by atoms with van der Waals surface area (Å²) in [6.07, 6.45) is -1.37. The largest absolute Gasteiger partial charge is 0.491 e. The number of nitrogens with zero attached hydrogens (tertiary/aromatic N) is 3. The first-order chi connectivity index (χ1) is 36.8. The lowest BCUT2D eigenvalue weighted by Gasteiger charge is -2.46. The second-order valence-electron chi connectivity index (χ2n) is 18.6. The zero-order valence-corrected chi connectivity index (χ0v) is 42.8. The number of esters is 4. The number of amides is 4. The van der Waals surface area contributed by atoms with Crippen LogP contribution in [-0.2, 0) is 53.1 Å². The minimum absolute atomic E-state index is 0.0121. The molecule has 9 rings (SSSR count). The number of para-hydroxylation sites is 1. The van der Waals surface area contributed by atoms with E-state index in [4.69, 9.17) is 28.7 Å². The lowest BCUT2D eigenvalue weighted by atomic mass is 9.65. The van der Waals surface area contributed by atoms with Crippen molar-refractivity contribution in [1.29, 1.82) is 0 Å². The zero-order chi connectivity index (χ0) is 53.8. The molecular weight excluding hydrogens is 995 g/mol. The highest BCUT2D eigenvalue weighted by Gasteiger charge is 2.76. The molecule has 76 heavy (non-hydrogen) atoms. The molecule has 4 amide bonds. The van der Waals surface area contributed by atoms with E-state index in [2.05, 4.69) is 22.5 Å². The second kappa shape index (κ2) is 22.2. The molecule has 1 spiro atoms. The third-order valence-electron chi connectivity index (χ3n) is 13.9. The number of aliphatic hydroxyl groups excluding tert-OH is 1. The zero-order valence-electron chi connectivity index (χ0n) is 42.0. The number of morpholine rings is 1. The number of carbonyl (C=O) groups excluding carboxylic acids is 7. The van der Waals surface area contributed by atoms with Crippen LogP contribution < -0.4 is 20.3 Å². The van der Waals surface area contributed by atoms with Crippen LogP contribution in [-0.4, -0.2) is 103 Å². The summed E-state index contributed by atoms with van der Waals surface area (Å²) < 4.78 is 28.1. The molecule has 18 nitrogen and oxygen atoms in total. The topological polar surface area (TPSA) is 229 Å². The number of thiazole rings is 1. The Morgan fingerprint density at radius 1 is 0.789 bits per heavy atom.